The van der Waals surface area contributed by atoms with Gasteiger partial charge in [-0.2, -0.15) is 0 Å². The van der Waals surface area contributed by atoms with Gasteiger partial charge in [-0.05, 0) is 56.2 Å². The molecule has 0 radical (unpaired) electrons. The van der Waals surface area contributed by atoms with Gasteiger partial charge in [0.15, 0.2) is 0 Å². The van der Waals surface area contributed by atoms with Crippen LogP contribution in [-0.4, -0.2) is 30.8 Å². The fourth-order valence-corrected chi connectivity index (χ4v) is 3.94. The van der Waals surface area contributed by atoms with Crippen LogP contribution in [0.4, 0.5) is 0 Å². The van der Waals surface area contributed by atoms with Crippen molar-refractivity contribution in [3.8, 4) is 0 Å². The number of rotatable bonds is 4. The summed E-state index contributed by atoms with van der Waals surface area (Å²) in [6, 6.07) is 4.91. The molecule has 2 heterocycles. The second kappa shape index (κ2) is 6.68. The number of aryl methyl sites for hydroxylation is 1. The van der Waals surface area contributed by atoms with E-state index in [1.165, 1.54) is 43.4 Å². The molecule has 0 spiro atoms. The summed E-state index contributed by atoms with van der Waals surface area (Å²) in [4.78, 5) is 4.73. The summed E-state index contributed by atoms with van der Waals surface area (Å²) >= 11 is 0. The second-order valence-corrected chi connectivity index (χ2v) is 6.08. The molecule has 2 atom stereocenters. The predicted octanol–water partition coefficient (Wildman–Crippen LogP) is 2.91. The van der Waals surface area contributed by atoms with E-state index in [9.17, 15) is 0 Å². The van der Waals surface area contributed by atoms with Crippen LogP contribution in [0.15, 0.2) is 18.3 Å². The number of pyridine rings is 1. The molecule has 2 aliphatic rings. The maximum Gasteiger partial charge on any atom is 0.0482 e. The van der Waals surface area contributed by atoms with Crippen molar-refractivity contribution in [3.05, 3.63) is 29.6 Å². The molecule has 1 aromatic rings. The van der Waals surface area contributed by atoms with Gasteiger partial charge in [0, 0.05) is 37.1 Å². The molecule has 3 heteroatoms. The minimum absolute atomic E-state index is 0.567. The van der Waals surface area contributed by atoms with Crippen LogP contribution < -0.4 is 5.32 Å². The molecule has 1 saturated heterocycles. The Morgan fingerprint density at radius 1 is 1.35 bits per heavy atom. The van der Waals surface area contributed by atoms with E-state index in [4.69, 9.17) is 9.72 Å². The van der Waals surface area contributed by atoms with Crippen molar-refractivity contribution in [1.82, 2.24) is 10.3 Å². The third kappa shape index (κ3) is 2.89. The Morgan fingerprint density at radius 3 is 3.00 bits per heavy atom. The van der Waals surface area contributed by atoms with Gasteiger partial charge < -0.3 is 10.1 Å². The van der Waals surface area contributed by atoms with Gasteiger partial charge in [-0.1, -0.05) is 13.0 Å². The van der Waals surface area contributed by atoms with Crippen molar-refractivity contribution in [2.24, 2.45) is 5.92 Å². The van der Waals surface area contributed by atoms with Crippen molar-refractivity contribution < 1.29 is 4.74 Å². The van der Waals surface area contributed by atoms with Crippen LogP contribution in [0.2, 0.25) is 0 Å². The summed E-state index contributed by atoms with van der Waals surface area (Å²) < 4.78 is 5.54. The highest BCUT2D eigenvalue weighted by Gasteiger charge is 2.34. The summed E-state index contributed by atoms with van der Waals surface area (Å²) in [5.74, 6) is 1.32. The maximum atomic E-state index is 5.54. The average Bonchev–Trinajstić information content (AvgIpc) is 2.53. The van der Waals surface area contributed by atoms with E-state index in [1.807, 2.05) is 6.20 Å². The molecular formula is C17H26N2O. The lowest BCUT2D eigenvalue weighted by atomic mass is 9.75. The van der Waals surface area contributed by atoms with Crippen LogP contribution in [0.25, 0.3) is 0 Å². The molecule has 1 N–H and O–H groups in total. The van der Waals surface area contributed by atoms with E-state index < -0.39 is 0 Å². The van der Waals surface area contributed by atoms with E-state index in [2.05, 4.69) is 24.4 Å². The van der Waals surface area contributed by atoms with Crippen molar-refractivity contribution in [2.45, 2.75) is 51.0 Å². The zero-order valence-electron chi connectivity index (χ0n) is 12.5. The van der Waals surface area contributed by atoms with E-state index in [-0.39, 0.29) is 0 Å². The van der Waals surface area contributed by atoms with Crippen molar-refractivity contribution in [3.63, 3.8) is 0 Å². The van der Waals surface area contributed by atoms with Crippen molar-refractivity contribution in [1.29, 1.82) is 0 Å². The van der Waals surface area contributed by atoms with Crippen LogP contribution in [0.3, 0.4) is 0 Å². The van der Waals surface area contributed by atoms with Crippen molar-refractivity contribution >= 4 is 0 Å². The third-order valence-electron chi connectivity index (χ3n) is 4.89. The highest BCUT2D eigenvalue weighted by molar-refractivity contribution is 5.27. The Balaban J connectivity index is 1.84. The van der Waals surface area contributed by atoms with Crippen molar-refractivity contribution in [2.75, 3.05) is 19.8 Å². The monoisotopic (exact) mass is 274 g/mol. The van der Waals surface area contributed by atoms with Crippen LogP contribution in [0, 0.1) is 5.92 Å². The van der Waals surface area contributed by atoms with Crippen LogP contribution in [-0.2, 0) is 11.2 Å². The summed E-state index contributed by atoms with van der Waals surface area (Å²) in [5.41, 5.74) is 2.83. The third-order valence-corrected chi connectivity index (χ3v) is 4.89. The number of nitrogens with one attached hydrogen (secondary N) is 1. The predicted molar refractivity (Wildman–Crippen MR) is 80.9 cm³/mol. The van der Waals surface area contributed by atoms with Gasteiger partial charge in [-0.15, -0.1) is 0 Å². The molecule has 0 bridgehead atoms. The number of aromatic nitrogens is 1. The number of nitrogens with zero attached hydrogens (tertiary/aromatic N) is 1. The largest absolute Gasteiger partial charge is 0.381 e. The van der Waals surface area contributed by atoms with E-state index in [0.29, 0.717) is 12.0 Å². The molecular weight excluding hydrogens is 248 g/mol. The normalized spacial score (nSPS) is 25.1. The smallest absolute Gasteiger partial charge is 0.0482 e. The standard InChI is InChI=1S/C17H26N2O/c1-2-18-16(14-8-11-20-12-9-14)15-7-3-5-13-6-4-10-19-17(13)15/h4,6,10,14-16,18H,2-3,5,7-9,11-12H2,1H3. The molecule has 1 aliphatic carbocycles. The van der Waals surface area contributed by atoms with Gasteiger partial charge >= 0.3 is 0 Å². The number of hydrogen-bond acceptors (Lipinski definition) is 3. The molecule has 1 aliphatic heterocycles. The van der Waals surface area contributed by atoms with Gasteiger partial charge in [0.25, 0.3) is 0 Å². The SMILES string of the molecule is CCNC(C1CCOCC1)C1CCCc2cccnc21. The number of ether oxygens (including phenoxy) is 1. The zero-order chi connectivity index (χ0) is 13.8. The van der Waals surface area contributed by atoms with E-state index >= 15 is 0 Å². The Morgan fingerprint density at radius 2 is 2.20 bits per heavy atom. The topological polar surface area (TPSA) is 34.1 Å². The van der Waals surface area contributed by atoms with Gasteiger partial charge in [0.1, 0.15) is 0 Å². The molecule has 1 aromatic heterocycles. The molecule has 1 fully saturated rings. The Bertz CT molecular complexity index is 429. The lowest BCUT2D eigenvalue weighted by Gasteiger charge is -2.38. The molecule has 0 amide bonds. The first-order chi connectivity index (χ1) is 9.90. The quantitative estimate of drug-likeness (QED) is 0.916. The minimum Gasteiger partial charge on any atom is -0.381 e. The van der Waals surface area contributed by atoms with E-state index in [0.717, 1.165) is 25.7 Å². The van der Waals surface area contributed by atoms with Crippen LogP contribution in [0.5, 0.6) is 0 Å². The fraction of sp³-hybridized carbons (Fsp3) is 0.706. The van der Waals surface area contributed by atoms with Gasteiger partial charge in [-0.25, -0.2) is 0 Å². The fourth-order valence-electron chi connectivity index (χ4n) is 3.94. The highest BCUT2D eigenvalue weighted by atomic mass is 16.5. The number of fused-ring (bicyclic) bond motifs is 1. The molecule has 0 saturated carbocycles. The molecule has 3 nitrogen and oxygen atoms in total. The first-order valence-corrected chi connectivity index (χ1v) is 8.15. The maximum absolute atomic E-state index is 5.54. The Kier molecular flexibility index (Phi) is 4.69. The summed E-state index contributed by atoms with van der Waals surface area (Å²) in [6.45, 7) is 5.11. The summed E-state index contributed by atoms with van der Waals surface area (Å²) in [5, 5.41) is 3.77. The van der Waals surface area contributed by atoms with Crippen LogP contribution in [0.1, 0.15) is 49.8 Å². The minimum atomic E-state index is 0.567. The van der Waals surface area contributed by atoms with Gasteiger partial charge in [0.05, 0.1) is 0 Å². The first-order valence-electron chi connectivity index (χ1n) is 8.15. The molecule has 20 heavy (non-hydrogen) atoms. The molecule has 0 aromatic carbocycles. The average molecular weight is 274 g/mol. The Hall–Kier alpha value is -0.930. The number of hydrogen-bond donors (Lipinski definition) is 1. The first kappa shape index (κ1) is 14.0. The highest BCUT2D eigenvalue weighted by Crippen LogP contribution is 2.37. The van der Waals surface area contributed by atoms with Crippen LogP contribution >= 0.6 is 0 Å². The van der Waals surface area contributed by atoms with Gasteiger partial charge in [0.2, 0.25) is 0 Å². The Labute approximate surface area is 122 Å². The molecule has 3 rings (SSSR count). The summed E-state index contributed by atoms with van der Waals surface area (Å²) in [6.07, 6.45) is 8.12. The second-order valence-electron chi connectivity index (χ2n) is 6.08. The lowest BCUT2D eigenvalue weighted by molar-refractivity contribution is 0.0488. The molecule has 110 valence electrons. The zero-order valence-corrected chi connectivity index (χ0v) is 12.5. The lowest BCUT2D eigenvalue weighted by Crippen LogP contribution is -2.44. The van der Waals surface area contributed by atoms with Gasteiger partial charge in [-0.3, -0.25) is 4.98 Å². The summed E-state index contributed by atoms with van der Waals surface area (Å²) in [7, 11) is 0. The number of likely N-dealkylation sites (N-methyl/N-ethyl adjacent to an activating group) is 1. The molecule has 2 unspecified atom stereocenters. The van der Waals surface area contributed by atoms with E-state index in [1.54, 1.807) is 0 Å².